The zero-order valence-electron chi connectivity index (χ0n) is 10.7. The van der Waals surface area contributed by atoms with Gasteiger partial charge in [-0.15, -0.1) is 0 Å². The van der Waals surface area contributed by atoms with Crippen molar-refractivity contribution < 1.29 is 9.90 Å². The molecule has 4 N–H and O–H groups in total. The fourth-order valence-corrected chi connectivity index (χ4v) is 2.76. The van der Waals surface area contributed by atoms with E-state index in [4.69, 9.17) is 0 Å². The Balaban J connectivity index is 1.74. The van der Waals surface area contributed by atoms with Gasteiger partial charge in [-0.2, -0.15) is 5.10 Å². The zero-order valence-corrected chi connectivity index (χ0v) is 12.3. The number of hydrogen-bond acceptors (Lipinski definition) is 4. The first-order valence-electron chi connectivity index (χ1n) is 6.46. The molecule has 0 spiro atoms. The van der Waals surface area contributed by atoms with Crippen LogP contribution in [0, 0.1) is 5.92 Å². The minimum Gasteiger partial charge on any atom is -0.391 e. The Labute approximate surface area is 124 Å². The number of carbonyl (C=O) groups excluding carboxylic acids is 1. The number of β-amino-alcohol motifs (C(OH)–C–C–N with tert-alkyl or cyclic N) is 1. The molecule has 1 aliphatic rings. The van der Waals surface area contributed by atoms with Crippen LogP contribution in [0.5, 0.6) is 0 Å². The van der Waals surface area contributed by atoms with Gasteiger partial charge >= 0.3 is 0 Å². The van der Waals surface area contributed by atoms with Gasteiger partial charge in [-0.25, -0.2) is 0 Å². The number of aliphatic hydroxyl groups is 1. The minimum atomic E-state index is -0.402. The van der Waals surface area contributed by atoms with Crippen molar-refractivity contribution in [3.05, 3.63) is 28.4 Å². The highest BCUT2D eigenvalue weighted by Crippen LogP contribution is 2.21. The van der Waals surface area contributed by atoms with Crippen LogP contribution < -0.4 is 10.6 Å². The van der Waals surface area contributed by atoms with Crippen LogP contribution in [0.2, 0.25) is 0 Å². The van der Waals surface area contributed by atoms with Gasteiger partial charge in [0.15, 0.2) is 5.69 Å². The van der Waals surface area contributed by atoms with Crippen LogP contribution in [0.15, 0.2) is 22.7 Å². The Kier molecular flexibility index (Phi) is 3.73. The first-order chi connectivity index (χ1) is 9.65. The molecule has 3 rings (SSSR count). The summed E-state index contributed by atoms with van der Waals surface area (Å²) in [5, 5.41) is 23.3. The molecular weight excluding hydrogens is 324 g/mol. The lowest BCUT2D eigenvalue weighted by atomic mass is 10.1. The molecule has 1 aromatic heterocycles. The van der Waals surface area contributed by atoms with Crippen molar-refractivity contribution in [2.75, 3.05) is 19.6 Å². The number of H-pyrrole nitrogens is 1. The lowest BCUT2D eigenvalue weighted by Gasteiger charge is -2.13. The predicted octanol–water partition coefficient (Wildman–Crippen LogP) is 0.636. The molecule has 2 aromatic rings. The third kappa shape index (κ3) is 2.56. The molecule has 2 heterocycles. The highest BCUT2D eigenvalue weighted by molar-refractivity contribution is 9.10. The first-order valence-corrected chi connectivity index (χ1v) is 7.25. The average Bonchev–Trinajstić information content (AvgIpc) is 3.02. The van der Waals surface area contributed by atoms with Crippen molar-refractivity contribution in [2.24, 2.45) is 5.92 Å². The third-order valence-corrected chi connectivity index (χ3v) is 4.06. The van der Waals surface area contributed by atoms with Gasteiger partial charge in [0.05, 0.1) is 11.6 Å². The number of rotatable bonds is 3. The van der Waals surface area contributed by atoms with Gasteiger partial charge < -0.3 is 15.7 Å². The van der Waals surface area contributed by atoms with Crippen molar-refractivity contribution in [1.82, 2.24) is 20.8 Å². The Hall–Kier alpha value is -1.44. The summed E-state index contributed by atoms with van der Waals surface area (Å²) in [6, 6.07) is 5.62. The fraction of sp³-hybridized carbons (Fsp3) is 0.385. The van der Waals surface area contributed by atoms with Crippen LogP contribution in [-0.4, -0.2) is 46.9 Å². The second-order valence-electron chi connectivity index (χ2n) is 4.96. The molecule has 1 amide bonds. The van der Waals surface area contributed by atoms with Crippen molar-refractivity contribution in [3.8, 4) is 0 Å². The molecule has 1 fully saturated rings. The average molecular weight is 339 g/mol. The quantitative estimate of drug-likeness (QED) is 0.661. The number of fused-ring (bicyclic) bond motifs is 1. The molecule has 20 heavy (non-hydrogen) atoms. The molecule has 2 atom stereocenters. The van der Waals surface area contributed by atoms with Gasteiger partial charge in [-0.1, -0.05) is 15.9 Å². The molecule has 1 aromatic carbocycles. The summed E-state index contributed by atoms with van der Waals surface area (Å²) in [5.41, 5.74) is 1.20. The number of nitrogens with one attached hydrogen (secondary N) is 3. The number of amides is 1. The number of halogens is 1. The highest BCUT2D eigenvalue weighted by Gasteiger charge is 2.25. The maximum atomic E-state index is 12.2. The highest BCUT2D eigenvalue weighted by atomic mass is 79.9. The molecule has 0 aliphatic carbocycles. The molecule has 0 radical (unpaired) electrons. The lowest BCUT2D eigenvalue weighted by molar-refractivity contribution is 0.0923. The maximum Gasteiger partial charge on any atom is 0.272 e. The van der Waals surface area contributed by atoms with Crippen molar-refractivity contribution in [1.29, 1.82) is 0 Å². The smallest absolute Gasteiger partial charge is 0.272 e. The van der Waals surface area contributed by atoms with Crippen molar-refractivity contribution in [2.45, 2.75) is 6.10 Å². The Bertz CT molecular complexity index is 642. The van der Waals surface area contributed by atoms with Crippen LogP contribution >= 0.6 is 15.9 Å². The van der Waals surface area contributed by atoms with E-state index in [1.54, 1.807) is 0 Å². The Morgan fingerprint density at radius 1 is 1.50 bits per heavy atom. The second-order valence-corrected chi connectivity index (χ2v) is 5.87. The van der Waals surface area contributed by atoms with E-state index < -0.39 is 6.10 Å². The molecule has 106 valence electrons. The summed E-state index contributed by atoms with van der Waals surface area (Å²) in [4.78, 5) is 12.2. The summed E-state index contributed by atoms with van der Waals surface area (Å²) in [6.07, 6.45) is -0.402. The Morgan fingerprint density at radius 2 is 2.35 bits per heavy atom. The molecule has 6 nitrogen and oxygen atoms in total. The first kappa shape index (κ1) is 13.5. The van der Waals surface area contributed by atoms with E-state index in [1.165, 1.54) is 0 Å². The topological polar surface area (TPSA) is 90.0 Å². The fourth-order valence-electron chi connectivity index (χ4n) is 2.39. The SMILES string of the molecule is O=C(NCC1CNCC1O)c1n[nH]c2ccc(Br)cc12. The number of aromatic nitrogens is 2. The van der Waals surface area contributed by atoms with E-state index in [1.807, 2.05) is 18.2 Å². The number of benzene rings is 1. The van der Waals surface area contributed by atoms with Crippen LogP contribution in [0.1, 0.15) is 10.5 Å². The number of aliphatic hydroxyl groups excluding tert-OH is 1. The van der Waals surface area contributed by atoms with Crippen molar-refractivity contribution >= 4 is 32.7 Å². The van der Waals surface area contributed by atoms with E-state index in [0.717, 1.165) is 15.4 Å². The van der Waals surface area contributed by atoms with Crippen LogP contribution in [0.25, 0.3) is 10.9 Å². The van der Waals surface area contributed by atoms with Gasteiger partial charge in [-0.3, -0.25) is 9.89 Å². The normalized spacial score (nSPS) is 22.3. The molecule has 0 bridgehead atoms. The molecule has 2 unspecified atom stereocenters. The summed E-state index contributed by atoms with van der Waals surface area (Å²) in [5.74, 6) is -0.177. The van der Waals surface area contributed by atoms with Gasteiger partial charge in [0.2, 0.25) is 0 Å². The minimum absolute atomic E-state index is 0.0518. The molecule has 1 saturated heterocycles. The monoisotopic (exact) mass is 338 g/mol. The van der Waals surface area contributed by atoms with Crippen molar-refractivity contribution in [3.63, 3.8) is 0 Å². The number of nitrogens with zero attached hydrogens (tertiary/aromatic N) is 1. The van der Waals surface area contributed by atoms with E-state index in [-0.39, 0.29) is 11.8 Å². The van der Waals surface area contributed by atoms with E-state index in [2.05, 4.69) is 36.8 Å². The van der Waals surface area contributed by atoms with E-state index >= 15 is 0 Å². The van der Waals surface area contributed by atoms with E-state index in [0.29, 0.717) is 25.3 Å². The van der Waals surface area contributed by atoms with Gasteiger partial charge in [0, 0.05) is 35.4 Å². The van der Waals surface area contributed by atoms with Crippen LogP contribution in [0.4, 0.5) is 0 Å². The summed E-state index contributed by atoms with van der Waals surface area (Å²) < 4.78 is 0.899. The standard InChI is InChI=1S/C13H15BrN4O2/c14-8-1-2-10-9(3-8)12(18-17-10)13(20)16-5-7-4-15-6-11(7)19/h1-3,7,11,15,19H,4-6H2,(H,16,20)(H,17,18). The maximum absolute atomic E-state index is 12.2. The molecule has 0 saturated carbocycles. The molecule has 7 heteroatoms. The van der Waals surface area contributed by atoms with Gasteiger partial charge in [0.25, 0.3) is 5.91 Å². The largest absolute Gasteiger partial charge is 0.391 e. The number of carbonyl (C=O) groups is 1. The van der Waals surface area contributed by atoms with Crippen LogP contribution in [-0.2, 0) is 0 Å². The Morgan fingerprint density at radius 3 is 3.10 bits per heavy atom. The third-order valence-electron chi connectivity index (χ3n) is 3.57. The predicted molar refractivity (Wildman–Crippen MR) is 78.5 cm³/mol. The molecular formula is C13H15BrN4O2. The summed E-state index contributed by atoms with van der Waals surface area (Å²) in [6.45, 7) is 1.74. The van der Waals surface area contributed by atoms with E-state index in [9.17, 15) is 9.90 Å². The van der Waals surface area contributed by atoms with Gasteiger partial charge in [0.1, 0.15) is 0 Å². The number of hydrogen-bond donors (Lipinski definition) is 4. The summed E-state index contributed by atoms with van der Waals surface area (Å²) in [7, 11) is 0. The van der Waals surface area contributed by atoms with Crippen LogP contribution in [0.3, 0.4) is 0 Å². The second kappa shape index (κ2) is 5.51. The molecule has 1 aliphatic heterocycles. The zero-order chi connectivity index (χ0) is 14.1. The lowest BCUT2D eigenvalue weighted by Crippen LogP contribution is -2.34. The summed E-state index contributed by atoms with van der Waals surface area (Å²) >= 11 is 3.39. The van der Waals surface area contributed by atoms with Gasteiger partial charge in [-0.05, 0) is 18.2 Å². The number of aromatic amines is 1.